The number of carbonyl (C=O) groups is 3. The van der Waals surface area contributed by atoms with Crippen molar-refractivity contribution in [2.24, 2.45) is 0 Å². The van der Waals surface area contributed by atoms with Crippen molar-refractivity contribution in [1.82, 2.24) is 15.1 Å². The van der Waals surface area contributed by atoms with Crippen LogP contribution in [0.4, 0.5) is 4.39 Å². The maximum atomic E-state index is 13.9. The van der Waals surface area contributed by atoms with Gasteiger partial charge < -0.3 is 5.32 Å². The summed E-state index contributed by atoms with van der Waals surface area (Å²) >= 11 is 0. The number of nitrogens with one attached hydrogen (secondary N) is 1. The molecule has 2 aromatic rings. The summed E-state index contributed by atoms with van der Waals surface area (Å²) in [4.78, 5) is 40.4. The molecule has 0 bridgehead atoms. The molecule has 1 saturated heterocycles. The van der Waals surface area contributed by atoms with Gasteiger partial charge in [-0.05, 0) is 37.6 Å². The Bertz CT molecular complexity index is 927. The molecule has 6 nitrogen and oxygen atoms in total. The van der Waals surface area contributed by atoms with E-state index >= 15 is 0 Å². The molecule has 0 radical (unpaired) electrons. The molecule has 2 aromatic carbocycles. The maximum absolute atomic E-state index is 13.9. The Morgan fingerprint density at radius 2 is 1.69 bits per heavy atom. The number of fused-ring (bicyclic) bond motifs is 1. The fourth-order valence-electron chi connectivity index (χ4n) is 3.98. The summed E-state index contributed by atoms with van der Waals surface area (Å²) in [6, 6.07) is 13.2. The van der Waals surface area contributed by atoms with Crippen LogP contribution in [0.25, 0.3) is 0 Å². The highest BCUT2D eigenvalue weighted by Gasteiger charge is 2.36. The number of amides is 3. The lowest BCUT2D eigenvalue weighted by Crippen LogP contribution is -2.50. The van der Waals surface area contributed by atoms with Gasteiger partial charge in [0.1, 0.15) is 12.4 Å². The van der Waals surface area contributed by atoms with Crippen molar-refractivity contribution in [2.75, 3.05) is 19.6 Å². The van der Waals surface area contributed by atoms with E-state index in [0.717, 1.165) is 24.3 Å². The van der Waals surface area contributed by atoms with Crippen LogP contribution in [0.2, 0.25) is 0 Å². The van der Waals surface area contributed by atoms with Crippen molar-refractivity contribution < 1.29 is 18.8 Å². The molecule has 1 atom stereocenters. The molecule has 3 amide bonds. The molecule has 150 valence electrons. The van der Waals surface area contributed by atoms with Crippen LogP contribution in [0.15, 0.2) is 48.5 Å². The summed E-state index contributed by atoms with van der Waals surface area (Å²) in [5.74, 6) is -1.47. The Hall–Kier alpha value is -3.06. The molecule has 0 spiro atoms. The summed E-state index contributed by atoms with van der Waals surface area (Å²) < 4.78 is 13.9. The molecule has 29 heavy (non-hydrogen) atoms. The molecule has 0 saturated carbocycles. The molecule has 1 fully saturated rings. The van der Waals surface area contributed by atoms with Crippen LogP contribution in [0.3, 0.4) is 0 Å². The molecule has 7 heteroatoms. The average Bonchev–Trinajstić information content (AvgIpc) is 2.95. The van der Waals surface area contributed by atoms with Crippen molar-refractivity contribution in [3.8, 4) is 0 Å². The molecule has 1 N–H and O–H groups in total. The number of halogens is 1. The van der Waals surface area contributed by atoms with Crippen LogP contribution >= 0.6 is 0 Å². The lowest BCUT2D eigenvalue weighted by molar-refractivity contribution is -0.122. The Morgan fingerprint density at radius 1 is 1.03 bits per heavy atom. The molecule has 2 aliphatic rings. The number of hydrogen-bond donors (Lipinski definition) is 1. The Morgan fingerprint density at radius 3 is 2.38 bits per heavy atom. The van der Waals surface area contributed by atoms with Gasteiger partial charge in [0.2, 0.25) is 5.91 Å². The van der Waals surface area contributed by atoms with E-state index in [1.165, 1.54) is 6.07 Å². The lowest BCUT2D eigenvalue weighted by atomic mass is 10.0. The molecular weight excluding hydrogens is 373 g/mol. The van der Waals surface area contributed by atoms with Gasteiger partial charge in [-0.3, -0.25) is 24.2 Å². The predicted octanol–water partition coefficient (Wildman–Crippen LogP) is 2.20. The van der Waals surface area contributed by atoms with Crippen molar-refractivity contribution in [3.63, 3.8) is 0 Å². The first-order valence-electron chi connectivity index (χ1n) is 9.73. The van der Waals surface area contributed by atoms with Gasteiger partial charge >= 0.3 is 0 Å². The highest BCUT2D eigenvalue weighted by molar-refractivity contribution is 6.22. The van der Waals surface area contributed by atoms with Gasteiger partial charge in [0.25, 0.3) is 11.8 Å². The third-order valence-electron chi connectivity index (χ3n) is 5.40. The second kappa shape index (κ2) is 8.13. The minimum atomic E-state index is -0.439. The Labute approximate surface area is 168 Å². The van der Waals surface area contributed by atoms with Gasteiger partial charge in [-0.1, -0.05) is 30.3 Å². The second-order valence-corrected chi connectivity index (χ2v) is 7.48. The molecule has 0 aliphatic carbocycles. The molecular formula is C22H22FN3O3. The zero-order chi connectivity index (χ0) is 20.4. The Kier molecular flexibility index (Phi) is 5.40. The molecule has 2 aliphatic heterocycles. The van der Waals surface area contributed by atoms with E-state index in [1.807, 2.05) is 6.07 Å². The van der Waals surface area contributed by atoms with Crippen molar-refractivity contribution in [2.45, 2.75) is 25.4 Å². The molecule has 2 heterocycles. The number of piperidine rings is 1. The van der Waals surface area contributed by atoms with Gasteiger partial charge in [-0.15, -0.1) is 0 Å². The zero-order valence-corrected chi connectivity index (χ0v) is 15.9. The molecule has 0 unspecified atom stereocenters. The van der Waals surface area contributed by atoms with Crippen LogP contribution in [-0.4, -0.2) is 53.2 Å². The van der Waals surface area contributed by atoms with E-state index in [-0.39, 0.29) is 24.3 Å². The number of imide groups is 1. The summed E-state index contributed by atoms with van der Waals surface area (Å²) in [7, 11) is 0. The minimum absolute atomic E-state index is 0.0989. The van der Waals surface area contributed by atoms with E-state index in [0.29, 0.717) is 29.8 Å². The van der Waals surface area contributed by atoms with Crippen LogP contribution in [-0.2, 0) is 11.3 Å². The molecule has 0 aromatic heterocycles. The summed E-state index contributed by atoms with van der Waals surface area (Å²) in [5, 5.41) is 2.92. The van der Waals surface area contributed by atoms with E-state index in [1.54, 1.807) is 36.4 Å². The largest absolute Gasteiger partial charge is 0.351 e. The van der Waals surface area contributed by atoms with E-state index in [4.69, 9.17) is 0 Å². The monoisotopic (exact) mass is 395 g/mol. The van der Waals surface area contributed by atoms with E-state index in [9.17, 15) is 18.8 Å². The summed E-state index contributed by atoms with van der Waals surface area (Å²) in [6.07, 6.45) is 1.69. The maximum Gasteiger partial charge on any atom is 0.262 e. The fourth-order valence-corrected chi connectivity index (χ4v) is 3.98. The highest BCUT2D eigenvalue weighted by atomic mass is 19.1. The fraction of sp³-hybridized carbons (Fsp3) is 0.318. The first-order chi connectivity index (χ1) is 14.0. The topological polar surface area (TPSA) is 69.7 Å². The smallest absolute Gasteiger partial charge is 0.262 e. The zero-order valence-electron chi connectivity index (χ0n) is 15.9. The first-order valence-corrected chi connectivity index (χ1v) is 9.73. The first kappa shape index (κ1) is 19.3. The van der Waals surface area contributed by atoms with Crippen molar-refractivity contribution >= 4 is 17.7 Å². The van der Waals surface area contributed by atoms with Crippen LogP contribution in [0.5, 0.6) is 0 Å². The van der Waals surface area contributed by atoms with Crippen LogP contribution < -0.4 is 5.32 Å². The SMILES string of the molecule is O=C(CN1C(=O)c2ccccc2C1=O)N[C@H]1CCCN(Cc2ccccc2F)C1. The summed E-state index contributed by atoms with van der Waals surface area (Å²) in [5.41, 5.74) is 1.29. The highest BCUT2D eigenvalue weighted by Crippen LogP contribution is 2.22. The third-order valence-corrected chi connectivity index (χ3v) is 5.40. The number of carbonyl (C=O) groups excluding carboxylic acids is 3. The number of hydrogen-bond acceptors (Lipinski definition) is 4. The number of likely N-dealkylation sites (tertiary alicyclic amines) is 1. The van der Waals surface area contributed by atoms with Gasteiger partial charge in [-0.25, -0.2) is 4.39 Å². The van der Waals surface area contributed by atoms with Gasteiger partial charge in [0, 0.05) is 24.7 Å². The van der Waals surface area contributed by atoms with E-state index < -0.39 is 11.8 Å². The minimum Gasteiger partial charge on any atom is -0.351 e. The van der Waals surface area contributed by atoms with E-state index in [2.05, 4.69) is 10.2 Å². The van der Waals surface area contributed by atoms with Crippen molar-refractivity contribution in [1.29, 1.82) is 0 Å². The van der Waals surface area contributed by atoms with Crippen LogP contribution in [0, 0.1) is 5.82 Å². The van der Waals surface area contributed by atoms with Crippen molar-refractivity contribution in [3.05, 3.63) is 71.0 Å². The second-order valence-electron chi connectivity index (χ2n) is 7.48. The standard InChI is InChI=1S/C22H22FN3O3/c23-19-10-4-1-6-15(19)12-25-11-5-7-16(13-25)24-20(27)14-26-21(28)17-8-2-3-9-18(17)22(26)29/h1-4,6,8-10,16H,5,7,11-14H2,(H,24,27)/t16-/m0/s1. The lowest BCUT2D eigenvalue weighted by Gasteiger charge is -2.33. The number of rotatable bonds is 5. The molecule has 4 rings (SSSR count). The quantitative estimate of drug-likeness (QED) is 0.788. The number of benzene rings is 2. The van der Waals surface area contributed by atoms with Gasteiger partial charge in [-0.2, -0.15) is 0 Å². The third kappa shape index (κ3) is 4.05. The summed E-state index contributed by atoms with van der Waals surface area (Å²) in [6.45, 7) is 1.62. The van der Waals surface area contributed by atoms with Gasteiger partial charge in [0.15, 0.2) is 0 Å². The Balaban J connectivity index is 1.34. The van der Waals surface area contributed by atoms with Gasteiger partial charge in [0.05, 0.1) is 11.1 Å². The predicted molar refractivity (Wildman–Crippen MR) is 105 cm³/mol. The normalized spacial score (nSPS) is 19.3. The average molecular weight is 395 g/mol. The van der Waals surface area contributed by atoms with Crippen LogP contribution in [0.1, 0.15) is 39.1 Å². The number of nitrogens with zero attached hydrogens (tertiary/aromatic N) is 2.